The molecule has 9 nitrogen and oxygen atoms in total. The second-order valence-electron chi connectivity index (χ2n) is 7.85. The fraction of sp³-hybridized carbons (Fsp3) is 0.450. The minimum atomic E-state index is -0.123. The van der Waals surface area contributed by atoms with Crippen LogP contribution in [0.5, 0.6) is 5.88 Å². The van der Waals surface area contributed by atoms with E-state index in [1.165, 1.54) is 0 Å². The lowest BCUT2D eigenvalue weighted by Gasteiger charge is -2.23. The summed E-state index contributed by atoms with van der Waals surface area (Å²) in [6.45, 7) is 3.23. The number of aromatic nitrogens is 6. The summed E-state index contributed by atoms with van der Waals surface area (Å²) in [4.78, 5) is 24.0. The predicted octanol–water partition coefficient (Wildman–Crippen LogP) is 0.990. The van der Waals surface area contributed by atoms with Crippen LogP contribution in [0, 0.1) is 0 Å². The number of methoxy groups -OCH3 is 1. The summed E-state index contributed by atoms with van der Waals surface area (Å²) in [7, 11) is 3.50. The van der Waals surface area contributed by atoms with Gasteiger partial charge in [0.05, 0.1) is 7.11 Å². The molecule has 2 aliphatic heterocycles. The molecule has 0 amide bonds. The molecule has 0 saturated carbocycles. The fourth-order valence-corrected chi connectivity index (χ4v) is 4.64. The van der Waals surface area contributed by atoms with Crippen LogP contribution < -0.4 is 10.3 Å². The van der Waals surface area contributed by atoms with Crippen LogP contribution in [0.3, 0.4) is 0 Å². The molecule has 1 fully saturated rings. The van der Waals surface area contributed by atoms with Crippen LogP contribution in [-0.4, -0.2) is 54.4 Å². The number of hydrogen-bond donors (Lipinski definition) is 0. The number of fused-ring (bicyclic) bond motifs is 2. The van der Waals surface area contributed by atoms with Gasteiger partial charge in [0.1, 0.15) is 5.82 Å². The van der Waals surface area contributed by atoms with Gasteiger partial charge in [-0.2, -0.15) is 0 Å². The summed E-state index contributed by atoms with van der Waals surface area (Å²) in [6, 6.07) is 3.97. The molecule has 0 unspecified atom stereocenters. The minimum absolute atomic E-state index is 0.103. The van der Waals surface area contributed by atoms with Gasteiger partial charge in [-0.3, -0.25) is 14.3 Å². The maximum Gasteiger partial charge on any atom is 0.283 e. The molecule has 3 aromatic heterocycles. The summed E-state index contributed by atoms with van der Waals surface area (Å²) in [5, 5.41) is 8.82. The van der Waals surface area contributed by atoms with Crippen molar-refractivity contribution in [1.29, 1.82) is 0 Å². The molecule has 5 heterocycles. The van der Waals surface area contributed by atoms with E-state index in [2.05, 4.69) is 25.1 Å². The Morgan fingerprint density at radius 1 is 1.17 bits per heavy atom. The predicted molar refractivity (Wildman–Crippen MR) is 105 cm³/mol. The average Bonchev–Trinajstić information content (AvgIpc) is 3.43. The van der Waals surface area contributed by atoms with Crippen molar-refractivity contribution in [2.45, 2.75) is 31.3 Å². The van der Waals surface area contributed by atoms with Gasteiger partial charge in [0, 0.05) is 56.3 Å². The molecular weight excluding hydrogens is 370 g/mol. The Morgan fingerprint density at radius 2 is 2.03 bits per heavy atom. The van der Waals surface area contributed by atoms with Gasteiger partial charge >= 0.3 is 0 Å². The summed E-state index contributed by atoms with van der Waals surface area (Å²) < 4.78 is 8.98. The first-order valence-electron chi connectivity index (χ1n) is 9.77. The number of nitrogens with zero attached hydrogens (tertiary/aromatic N) is 7. The third kappa shape index (κ3) is 2.84. The molecule has 1 atom stereocenters. The Bertz CT molecular complexity index is 1120. The average molecular weight is 393 g/mol. The first kappa shape index (κ1) is 18.0. The number of hydrogen-bond acceptors (Lipinski definition) is 7. The second-order valence-corrected chi connectivity index (χ2v) is 7.85. The van der Waals surface area contributed by atoms with Gasteiger partial charge in [-0.05, 0) is 25.5 Å². The third-order valence-electron chi connectivity index (χ3n) is 6.14. The molecule has 0 aromatic carbocycles. The van der Waals surface area contributed by atoms with Crippen molar-refractivity contribution in [2.75, 3.05) is 20.2 Å². The number of rotatable bonds is 4. The number of ether oxygens (including phenoxy) is 1. The molecular formula is C20H23N7O2. The largest absolute Gasteiger partial charge is 0.481 e. The van der Waals surface area contributed by atoms with Crippen LogP contribution in [0.2, 0.25) is 0 Å². The molecule has 2 aliphatic rings. The number of aryl methyl sites for hydroxylation is 1. The zero-order chi connectivity index (χ0) is 20.0. The Balaban J connectivity index is 1.43. The Labute approximate surface area is 168 Å². The molecule has 29 heavy (non-hydrogen) atoms. The van der Waals surface area contributed by atoms with Crippen LogP contribution in [0.25, 0.3) is 11.5 Å². The standard InChI is InChI=1S/C20H23N7O2/c1-25-11-8-21-16(25)15-18(28)27-10-6-20(19(27)24-23-15)5-9-26(13-20)12-14-4-3-7-22-17(14)29-2/h3-4,7-8,11H,5-6,9-10,12-13H2,1-2H3/t20-/m0/s1. The highest BCUT2D eigenvalue weighted by Gasteiger charge is 2.47. The lowest BCUT2D eigenvalue weighted by atomic mass is 9.85. The molecule has 1 saturated heterocycles. The van der Waals surface area contributed by atoms with Gasteiger partial charge in [0.25, 0.3) is 5.56 Å². The SMILES string of the molecule is COc1ncccc1CN1CC[C@]2(CCn3c2nnc(-c2nccn2C)c3=O)C1. The molecule has 5 rings (SSSR count). The van der Waals surface area contributed by atoms with E-state index < -0.39 is 0 Å². The van der Waals surface area contributed by atoms with Crippen molar-refractivity contribution in [2.24, 2.45) is 7.05 Å². The molecule has 1 spiro atoms. The fourth-order valence-electron chi connectivity index (χ4n) is 4.64. The first-order chi connectivity index (χ1) is 14.1. The molecule has 3 aromatic rings. The van der Waals surface area contributed by atoms with E-state index in [0.29, 0.717) is 23.9 Å². The van der Waals surface area contributed by atoms with E-state index in [4.69, 9.17) is 4.74 Å². The second kappa shape index (κ2) is 6.77. The first-order valence-corrected chi connectivity index (χ1v) is 9.77. The van der Waals surface area contributed by atoms with Gasteiger partial charge < -0.3 is 9.30 Å². The van der Waals surface area contributed by atoms with Crippen molar-refractivity contribution in [3.63, 3.8) is 0 Å². The number of likely N-dealkylation sites (tertiary alicyclic amines) is 1. The van der Waals surface area contributed by atoms with Crippen LogP contribution in [0.15, 0.2) is 35.5 Å². The van der Waals surface area contributed by atoms with E-state index >= 15 is 0 Å². The highest BCUT2D eigenvalue weighted by Crippen LogP contribution is 2.41. The lowest BCUT2D eigenvalue weighted by molar-refractivity contribution is 0.291. The van der Waals surface area contributed by atoms with Crippen LogP contribution in [-0.2, 0) is 25.6 Å². The highest BCUT2D eigenvalue weighted by molar-refractivity contribution is 5.47. The van der Waals surface area contributed by atoms with Crippen molar-refractivity contribution in [1.82, 2.24) is 34.2 Å². The molecule has 9 heteroatoms. The van der Waals surface area contributed by atoms with Gasteiger partial charge in [0.15, 0.2) is 11.5 Å². The topological polar surface area (TPSA) is 91.0 Å². The molecule has 0 bridgehead atoms. The van der Waals surface area contributed by atoms with E-state index in [1.54, 1.807) is 34.8 Å². The van der Waals surface area contributed by atoms with E-state index in [1.807, 2.05) is 19.2 Å². The maximum atomic E-state index is 13.1. The van der Waals surface area contributed by atoms with Crippen LogP contribution >= 0.6 is 0 Å². The van der Waals surface area contributed by atoms with E-state index in [-0.39, 0.29) is 11.0 Å². The van der Waals surface area contributed by atoms with Crippen molar-refractivity contribution < 1.29 is 4.74 Å². The van der Waals surface area contributed by atoms with E-state index in [9.17, 15) is 4.79 Å². The van der Waals surface area contributed by atoms with Gasteiger partial charge in [-0.25, -0.2) is 9.97 Å². The zero-order valence-electron chi connectivity index (χ0n) is 16.6. The lowest BCUT2D eigenvalue weighted by Crippen LogP contribution is -2.33. The smallest absolute Gasteiger partial charge is 0.283 e. The number of imidazole rings is 1. The third-order valence-corrected chi connectivity index (χ3v) is 6.14. The summed E-state index contributed by atoms with van der Waals surface area (Å²) in [6.07, 6.45) is 7.07. The highest BCUT2D eigenvalue weighted by atomic mass is 16.5. The van der Waals surface area contributed by atoms with Crippen LogP contribution in [0.4, 0.5) is 0 Å². The molecule has 0 N–H and O–H groups in total. The quantitative estimate of drug-likeness (QED) is 0.653. The molecule has 150 valence electrons. The van der Waals surface area contributed by atoms with Crippen molar-refractivity contribution in [3.8, 4) is 17.4 Å². The molecule has 0 aliphatic carbocycles. The van der Waals surface area contributed by atoms with Gasteiger partial charge in [0.2, 0.25) is 5.88 Å². The Hall–Kier alpha value is -3.07. The number of pyridine rings is 1. The Morgan fingerprint density at radius 3 is 2.83 bits per heavy atom. The monoisotopic (exact) mass is 393 g/mol. The zero-order valence-corrected chi connectivity index (χ0v) is 16.6. The normalized spacial score (nSPS) is 21.0. The van der Waals surface area contributed by atoms with E-state index in [0.717, 1.165) is 43.9 Å². The molecule has 0 radical (unpaired) electrons. The van der Waals surface area contributed by atoms with Gasteiger partial charge in [-0.1, -0.05) is 6.07 Å². The van der Waals surface area contributed by atoms with Crippen molar-refractivity contribution in [3.05, 3.63) is 52.5 Å². The summed E-state index contributed by atoms with van der Waals surface area (Å²) in [5.74, 6) is 2.02. The Kier molecular flexibility index (Phi) is 4.20. The summed E-state index contributed by atoms with van der Waals surface area (Å²) >= 11 is 0. The minimum Gasteiger partial charge on any atom is -0.481 e. The van der Waals surface area contributed by atoms with Crippen LogP contribution in [0.1, 0.15) is 24.2 Å². The van der Waals surface area contributed by atoms with Crippen molar-refractivity contribution >= 4 is 0 Å². The maximum absolute atomic E-state index is 13.1. The van der Waals surface area contributed by atoms with Gasteiger partial charge in [-0.15, -0.1) is 10.2 Å². The summed E-state index contributed by atoms with van der Waals surface area (Å²) in [5.41, 5.74) is 1.15.